The van der Waals surface area contributed by atoms with Gasteiger partial charge in [0.2, 0.25) is 0 Å². The Balaban J connectivity index is 2.95. The Morgan fingerprint density at radius 3 is 2.41 bits per heavy atom. The molecule has 0 aliphatic carbocycles. The van der Waals surface area contributed by atoms with Gasteiger partial charge in [-0.15, -0.1) is 4.52 Å². The van der Waals surface area contributed by atoms with Crippen molar-refractivity contribution in [3.63, 3.8) is 0 Å². The summed E-state index contributed by atoms with van der Waals surface area (Å²) in [6.07, 6.45) is 0. The zero-order chi connectivity index (χ0) is 12.7. The summed E-state index contributed by atoms with van der Waals surface area (Å²) in [6.45, 7) is 3.29. The predicted molar refractivity (Wildman–Crippen MR) is 55.8 cm³/mol. The fraction of sp³-hybridized carbons (Fsp3) is 0.250. The SMILES string of the molecule is Cc1cc(C)n2nc([N+](=O)[O-])c([N+](=O)[O-])c2n1. The molecule has 2 rings (SSSR count). The number of nitrogens with zero attached hydrogens (tertiary/aromatic N) is 5. The highest BCUT2D eigenvalue weighted by molar-refractivity contribution is 5.68. The summed E-state index contributed by atoms with van der Waals surface area (Å²) < 4.78 is 1.10. The van der Waals surface area contributed by atoms with Crippen LogP contribution in [0.2, 0.25) is 0 Å². The zero-order valence-corrected chi connectivity index (χ0v) is 8.95. The molecule has 0 saturated heterocycles. The van der Waals surface area contributed by atoms with Gasteiger partial charge >= 0.3 is 11.5 Å². The molecular formula is C8H7N5O4. The molecular weight excluding hydrogens is 230 g/mol. The minimum atomic E-state index is -0.887. The van der Waals surface area contributed by atoms with Crippen molar-refractivity contribution in [2.24, 2.45) is 0 Å². The molecule has 0 aliphatic rings. The lowest BCUT2D eigenvalue weighted by Crippen LogP contribution is -1.98. The number of aryl methyl sites for hydroxylation is 2. The molecule has 0 N–H and O–H groups in total. The van der Waals surface area contributed by atoms with E-state index >= 15 is 0 Å². The first-order chi connectivity index (χ1) is 7.91. The second kappa shape index (κ2) is 3.47. The largest absolute Gasteiger partial charge is 0.470 e. The number of aromatic nitrogens is 3. The van der Waals surface area contributed by atoms with Crippen molar-refractivity contribution in [3.8, 4) is 0 Å². The summed E-state index contributed by atoms with van der Waals surface area (Å²) in [5.41, 5.74) is 0.289. The number of nitro groups is 2. The second-order valence-electron chi connectivity index (χ2n) is 3.46. The zero-order valence-electron chi connectivity index (χ0n) is 8.95. The van der Waals surface area contributed by atoms with Crippen LogP contribution >= 0.6 is 0 Å². The average molecular weight is 237 g/mol. The summed E-state index contributed by atoms with van der Waals surface area (Å²) in [4.78, 5) is 23.7. The van der Waals surface area contributed by atoms with Gasteiger partial charge in [-0.2, -0.15) is 0 Å². The number of rotatable bonds is 2. The number of fused-ring (bicyclic) bond motifs is 1. The van der Waals surface area contributed by atoms with E-state index in [2.05, 4.69) is 10.1 Å². The van der Waals surface area contributed by atoms with E-state index in [-0.39, 0.29) is 5.65 Å². The van der Waals surface area contributed by atoms with Gasteiger partial charge in [-0.1, -0.05) is 0 Å². The van der Waals surface area contributed by atoms with Crippen molar-refractivity contribution in [1.29, 1.82) is 0 Å². The van der Waals surface area contributed by atoms with Crippen LogP contribution in [-0.4, -0.2) is 24.4 Å². The lowest BCUT2D eigenvalue weighted by atomic mass is 10.3. The minimum Gasteiger partial charge on any atom is -0.358 e. The Bertz CT molecular complexity index is 647. The first-order valence-corrected chi connectivity index (χ1v) is 4.57. The van der Waals surface area contributed by atoms with E-state index < -0.39 is 21.4 Å². The van der Waals surface area contributed by atoms with Gasteiger partial charge in [0.15, 0.2) is 0 Å². The van der Waals surface area contributed by atoms with Gasteiger partial charge in [-0.05, 0) is 24.8 Å². The van der Waals surface area contributed by atoms with Crippen LogP contribution in [0.4, 0.5) is 11.5 Å². The lowest BCUT2D eigenvalue weighted by molar-refractivity contribution is -0.423. The molecule has 0 bridgehead atoms. The predicted octanol–water partition coefficient (Wildman–Crippen LogP) is 1.16. The Kier molecular flexibility index (Phi) is 2.23. The van der Waals surface area contributed by atoms with E-state index in [1.807, 2.05) is 0 Å². The molecule has 0 aliphatic heterocycles. The van der Waals surface area contributed by atoms with Crippen LogP contribution in [0, 0.1) is 34.1 Å². The maximum atomic E-state index is 10.8. The monoisotopic (exact) mass is 237 g/mol. The van der Waals surface area contributed by atoms with Gasteiger partial charge in [0, 0.05) is 5.69 Å². The summed E-state index contributed by atoms with van der Waals surface area (Å²) in [6, 6.07) is 1.63. The smallest absolute Gasteiger partial charge is 0.358 e. The summed E-state index contributed by atoms with van der Waals surface area (Å²) >= 11 is 0. The topological polar surface area (TPSA) is 116 Å². The fourth-order valence-corrected chi connectivity index (χ4v) is 1.59. The second-order valence-corrected chi connectivity index (χ2v) is 3.46. The molecule has 0 spiro atoms. The maximum absolute atomic E-state index is 10.8. The van der Waals surface area contributed by atoms with E-state index in [9.17, 15) is 20.2 Å². The first-order valence-electron chi connectivity index (χ1n) is 4.57. The highest BCUT2D eigenvalue weighted by Gasteiger charge is 2.35. The first kappa shape index (κ1) is 10.9. The molecule has 0 unspecified atom stereocenters. The normalized spacial score (nSPS) is 10.7. The van der Waals surface area contributed by atoms with Crippen molar-refractivity contribution < 1.29 is 9.85 Å². The number of hydrogen-bond acceptors (Lipinski definition) is 6. The van der Waals surface area contributed by atoms with Gasteiger partial charge in [0.05, 0.1) is 15.7 Å². The Hall–Kier alpha value is -2.58. The van der Waals surface area contributed by atoms with Gasteiger partial charge < -0.3 is 10.1 Å². The van der Waals surface area contributed by atoms with E-state index in [0.29, 0.717) is 11.4 Å². The Labute approximate surface area is 94.0 Å². The van der Waals surface area contributed by atoms with Crippen LogP contribution in [0.25, 0.3) is 5.65 Å². The van der Waals surface area contributed by atoms with Crippen molar-refractivity contribution in [1.82, 2.24) is 14.6 Å². The average Bonchev–Trinajstić information content (AvgIpc) is 2.56. The molecule has 9 heteroatoms. The van der Waals surface area contributed by atoms with E-state index in [1.165, 1.54) is 0 Å². The third-order valence-corrected chi connectivity index (χ3v) is 2.21. The molecule has 0 aromatic carbocycles. The third kappa shape index (κ3) is 1.57. The van der Waals surface area contributed by atoms with Gasteiger partial charge in [-0.3, -0.25) is 10.1 Å². The van der Waals surface area contributed by atoms with E-state index in [0.717, 1.165) is 4.52 Å². The molecule has 0 amide bonds. The van der Waals surface area contributed by atoms with Crippen molar-refractivity contribution >= 4 is 17.2 Å². The van der Waals surface area contributed by atoms with Crippen LogP contribution in [0.1, 0.15) is 11.4 Å². The van der Waals surface area contributed by atoms with Crippen LogP contribution in [-0.2, 0) is 0 Å². The van der Waals surface area contributed by atoms with Crippen LogP contribution < -0.4 is 0 Å². The minimum absolute atomic E-state index is 0.112. The highest BCUT2D eigenvalue weighted by atomic mass is 16.6. The van der Waals surface area contributed by atoms with E-state index in [4.69, 9.17) is 0 Å². The standard InChI is InChI=1S/C8H7N5O4/c1-4-3-5(2)11-7(9-4)6(12(14)15)8(10-11)13(16)17/h3H,1-2H3. The number of hydrogen-bond donors (Lipinski definition) is 0. The highest BCUT2D eigenvalue weighted by Crippen LogP contribution is 2.29. The van der Waals surface area contributed by atoms with Crippen molar-refractivity contribution in [3.05, 3.63) is 37.7 Å². The van der Waals surface area contributed by atoms with Crippen LogP contribution in [0.15, 0.2) is 6.07 Å². The molecule has 0 fully saturated rings. The molecule has 17 heavy (non-hydrogen) atoms. The third-order valence-electron chi connectivity index (χ3n) is 2.21. The van der Waals surface area contributed by atoms with Gasteiger partial charge in [0.25, 0.3) is 5.65 Å². The molecule has 0 atom stereocenters. The van der Waals surface area contributed by atoms with Gasteiger partial charge in [0.1, 0.15) is 0 Å². The summed E-state index contributed by atoms with van der Waals surface area (Å²) in [5.74, 6) is -0.795. The fourth-order valence-electron chi connectivity index (χ4n) is 1.59. The maximum Gasteiger partial charge on any atom is 0.470 e. The lowest BCUT2D eigenvalue weighted by Gasteiger charge is -1.95. The summed E-state index contributed by atoms with van der Waals surface area (Å²) in [5, 5.41) is 25.1. The molecule has 2 aromatic rings. The molecule has 0 saturated carbocycles. The van der Waals surface area contributed by atoms with E-state index in [1.54, 1.807) is 19.9 Å². The molecule has 88 valence electrons. The molecule has 0 radical (unpaired) electrons. The Morgan fingerprint density at radius 2 is 1.88 bits per heavy atom. The Morgan fingerprint density at radius 1 is 1.24 bits per heavy atom. The molecule has 9 nitrogen and oxygen atoms in total. The van der Waals surface area contributed by atoms with Crippen LogP contribution in [0.5, 0.6) is 0 Å². The van der Waals surface area contributed by atoms with Crippen LogP contribution in [0.3, 0.4) is 0 Å². The van der Waals surface area contributed by atoms with Gasteiger partial charge in [-0.25, -0.2) is 4.98 Å². The quantitative estimate of drug-likeness (QED) is 0.571. The molecule has 2 aromatic heterocycles. The molecule has 2 heterocycles. The van der Waals surface area contributed by atoms with Crippen molar-refractivity contribution in [2.75, 3.05) is 0 Å². The summed E-state index contributed by atoms with van der Waals surface area (Å²) in [7, 11) is 0. The van der Waals surface area contributed by atoms with Crippen molar-refractivity contribution in [2.45, 2.75) is 13.8 Å².